The molecule has 1 unspecified atom stereocenters. The van der Waals surface area contributed by atoms with Gasteiger partial charge in [-0.1, -0.05) is 50.2 Å². The van der Waals surface area contributed by atoms with Crippen molar-refractivity contribution in [1.82, 2.24) is 10.6 Å². The fraction of sp³-hybridized carbons (Fsp3) is 0.389. The fourth-order valence-electron chi connectivity index (χ4n) is 2.28. The van der Waals surface area contributed by atoms with E-state index in [1.165, 1.54) is 10.4 Å². The lowest BCUT2D eigenvalue weighted by Crippen LogP contribution is -2.44. The van der Waals surface area contributed by atoms with Crippen LogP contribution in [0.2, 0.25) is 0 Å². The second kappa shape index (κ2) is 9.27. The van der Waals surface area contributed by atoms with Crippen molar-refractivity contribution in [1.29, 1.82) is 0 Å². The molecule has 0 amide bonds. The smallest absolute Gasteiger partial charge is 0.191 e. The number of hydrogen-bond donors (Lipinski definition) is 2. The van der Waals surface area contributed by atoms with Gasteiger partial charge >= 0.3 is 0 Å². The molecule has 0 spiro atoms. The molecule has 1 aromatic heterocycles. The maximum absolute atomic E-state index is 4.34. The summed E-state index contributed by atoms with van der Waals surface area (Å²) < 4.78 is 0. The van der Waals surface area contributed by atoms with Crippen molar-refractivity contribution in [2.45, 2.75) is 32.2 Å². The Morgan fingerprint density at radius 3 is 2.43 bits per heavy atom. The number of nitrogens with zero attached hydrogens (tertiary/aromatic N) is 1. The minimum atomic E-state index is 0. The molecule has 0 fully saturated rings. The molecule has 2 aromatic rings. The van der Waals surface area contributed by atoms with Crippen LogP contribution >= 0.6 is 35.3 Å². The van der Waals surface area contributed by atoms with Gasteiger partial charge in [0.25, 0.3) is 0 Å². The third-order valence-electron chi connectivity index (χ3n) is 3.76. The van der Waals surface area contributed by atoms with Gasteiger partial charge in [-0.25, -0.2) is 0 Å². The summed E-state index contributed by atoms with van der Waals surface area (Å²) in [6, 6.07) is 14.9. The lowest BCUT2D eigenvalue weighted by molar-refractivity contribution is 0.515. The van der Waals surface area contributed by atoms with Crippen molar-refractivity contribution in [3.05, 3.63) is 58.3 Å². The van der Waals surface area contributed by atoms with E-state index in [9.17, 15) is 0 Å². The van der Waals surface area contributed by atoms with Gasteiger partial charge in [-0.05, 0) is 23.9 Å². The van der Waals surface area contributed by atoms with Crippen molar-refractivity contribution in [3.63, 3.8) is 0 Å². The van der Waals surface area contributed by atoms with Gasteiger partial charge in [-0.2, -0.15) is 0 Å². The quantitative estimate of drug-likeness (QED) is 0.404. The van der Waals surface area contributed by atoms with E-state index >= 15 is 0 Å². The Bertz CT molecular complexity index is 594. The van der Waals surface area contributed by atoms with Crippen LogP contribution in [0.1, 0.15) is 37.3 Å². The van der Waals surface area contributed by atoms with E-state index in [1.54, 1.807) is 11.3 Å². The van der Waals surface area contributed by atoms with Gasteiger partial charge in [0.15, 0.2) is 5.96 Å². The molecular weight excluding hydrogens is 417 g/mol. The van der Waals surface area contributed by atoms with Crippen molar-refractivity contribution >= 4 is 41.3 Å². The second-order valence-electron chi connectivity index (χ2n) is 6.06. The Kier molecular flexibility index (Phi) is 8.05. The van der Waals surface area contributed by atoms with Gasteiger partial charge in [0, 0.05) is 23.9 Å². The molecule has 0 aliphatic rings. The summed E-state index contributed by atoms with van der Waals surface area (Å²) in [6.07, 6.45) is 0. The topological polar surface area (TPSA) is 36.4 Å². The average Bonchev–Trinajstić information content (AvgIpc) is 3.07. The van der Waals surface area contributed by atoms with Crippen molar-refractivity contribution in [2.24, 2.45) is 4.99 Å². The number of thiophene rings is 1. The number of hydrogen-bond acceptors (Lipinski definition) is 2. The summed E-state index contributed by atoms with van der Waals surface area (Å²) in [4.78, 5) is 5.72. The van der Waals surface area contributed by atoms with Crippen LogP contribution in [0.15, 0.2) is 52.8 Å². The molecule has 1 atom stereocenters. The van der Waals surface area contributed by atoms with Crippen molar-refractivity contribution in [3.8, 4) is 0 Å². The van der Waals surface area contributed by atoms with Crippen LogP contribution < -0.4 is 10.6 Å². The highest BCUT2D eigenvalue weighted by molar-refractivity contribution is 14.0. The summed E-state index contributed by atoms with van der Waals surface area (Å²) in [6.45, 7) is 7.49. The lowest BCUT2D eigenvalue weighted by Gasteiger charge is -2.26. The molecule has 3 nitrogen and oxygen atoms in total. The zero-order chi connectivity index (χ0) is 16.0. The molecule has 0 aliphatic heterocycles. The molecule has 0 aliphatic carbocycles. The Morgan fingerprint density at radius 1 is 1.17 bits per heavy atom. The van der Waals surface area contributed by atoms with Gasteiger partial charge in [0.05, 0.1) is 6.04 Å². The second-order valence-corrected chi connectivity index (χ2v) is 7.01. The highest BCUT2D eigenvalue weighted by Gasteiger charge is 2.22. The molecule has 1 aromatic carbocycles. The van der Waals surface area contributed by atoms with Crippen LogP contribution in [0.4, 0.5) is 0 Å². The van der Waals surface area contributed by atoms with Crippen LogP contribution in [-0.2, 0) is 5.41 Å². The minimum Gasteiger partial charge on any atom is -0.355 e. The maximum Gasteiger partial charge on any atom is 0.191 e. The molecular formula is C18H26IN3S. The normalized spacial score (nSPS) is 13.1. The predicted molar refractivity (Wildman–Crippen MR) is 112 cm³/mol. The van der Waals surface area contributed by atoms with Crippen LogP contribution in [0, 0.1) is 0 Å². The van der Waals surface area contributed by atoms with Gasteiger partial charge in [0.2, 0.25) is 0 Å². The summed E-state index contributed by atoms with van der Waals surface area (Å²) >= 11 is 1.80. The third-order valence-corrected chi connectivity index (χ3v) is 5.00. The van der Waals surface area contributed by atoms with E-state index in [-0.39, 0.29) is 35.4 Å². The molecule has 5 heteroatoms. The van der Waals surface area contributed by atoms with E-state index in [1.807, 2.05) is 13.1 Å². The first-order chi connectivity index (χ1) is 10.5. The summed E-state index contributed by atoms with van der Waals surface area (Å²) in [7, 11) is 1.81. The molecule has 0 radical (unpaired) electrons. The van der Waals surface area contributed by atoms with Crippen LogP contribution in [0.3, 0.4) is 0 Å². The van der Waals surface area contributed by atoms with Crippen LogP contribution in [0.25, 0.3) is 0 Å². The minimum absolute atomic E-state index is 0. The number of aliphatic imine (C=N–C) groups is 1. The fourth-order valence-corrected chi connectivity index (χ4v) is 3.13. The first-order valence-corrected chi connectivity index (χ1v) is 8.47. The molecule has 2 rings (SSSR count). The Labute approximate surface area is 160 Å². The van der Waals surface area contributed by atoms with E-state index in [0.717, 1.165) is 12.5 Å². The number of nitrogens with one attached hydrogen (secondary N) is 2. The summed E-state index contributed by atoms with van der Waals surface area (Å²) in [5.74, 6) is 0.834. The van der Waals surface area contributed by atoms with E-state index in [4.69, 9.17) is 0 Å². The first kappa shape index (κ1) is 20.0. The monoisotopic (exact) mass is 443 g/mol. The van der Waals surface area contributed by atoms with Crippen LogP contribution in [0.5, 0.6) is 0 Å². The number of rotatable bonds is 5. The molecule has 1 heterocycles. The van der Waals surface area contributed by atoms with Gasteiger partial charge in [0.1, 0.15) is 0 Å². The highest BCUT2D eigenvalue weighted by atomic mass is 127. The van der Waals surface area contributed by atoms with Gasteiger partial charge in [-0.15, -0.1) is 35.3 Å². The SMILES string of the molecule is CN=C(NCC(C)(C)c1cccs1)NC(C)c1ccccc1.I. The van der Waals surface area contributed by atoms with Crippen LogP contribution in [-0.4, -0.2) is 19.6 Å². The van der Waals surface area contributed by atoms with Crippen molar-refractivity contribution in [2.75, 3.05) is 13.6 Å². The number of benzene rings is 1. The average molecular weight is 443 g/mol. The summed E-state index contributed by atoms with van der Waals surface area (Å²) in [5, 5.41) is 9.01. The van der Waals surface area contributed by atoms with E-state index < -0.39 is 0 Å². The van der Waals surface area contributed by atoms with Gasteiger partial charge < -0.3 is 10.6 Å². The molecule has 23 heavy (non-hydrogen) atoms. The Hall–Kier alpha value is -1.08. The number of halogens is 1. The number of guanidine groups is 1. The first-order valence-electron chi connectivity index (χ1n) is 7.59. The largest absolute Gasteiger partial charge is 0.355 e. The zero-order valence-electron chi connectivity index (χ0n) is 14.2. The molecule has 0 saturated heterocycles. The highest BCUT2D eigenvalue weighted by Crippen LogP contribution is 2.26. The van der Waals surface area contributed by atoms with Crippen molar-refractivity contribution < 1.29 is 0 Å². The molecule has 126 valence electrons. The predicted octanol–water partition coefficient (Wildman–Crippen LogP) is 4.57. The summed E-state index contributed by atoms with van der Waals surface area (Å²) in [5.41, 5.74) is 1.34. The molecule has 0 saturated carbocycles. The molecule has 0 bridgehead atoms. The Morgan fingerprint density at radius 2 is 1.87 bits per heavy atom. The van der Waals surface area contributed by atoms with E-state index in [2.05, 4.69) is 78.2 Å². The Balaban J connectivity index is 0.00000264. The van der Waals surface area contributed by atoms with E-state index in [0.29, 0.717) is 0 Å². The third kappa shape index (κ3) is 5.80. The maximum atomic E-state index is 4.34. The zero-order valence-corrected chi connectivity index (χ0v) is 17.3. The standard InChI is InChI=1S/C18H25N3S.HI/c1-14(15-9-6-5-7-10-15)21-17(19-4)20-13-18(2,3)16-11-8-12-22-16;/h5-12,14H,13H2,1-4H3,(H2,19,20,21);1H. The molecule has 2 N–H and O–H groups in total. The lowest BCUT2D eigenvalue weighted by atomic mass is 9.91. The van der Waals surface area contributed by atoms with Gasteiger partial charge in [-0.3, -0.25) is 4.99 Å².